The van der Waals surface area contributed by atoms with Crippen molar-refractivity contribution in [2.24, 2.45) is 0 Å². The number of ether oxygens (including phenoxy) is 2. The summed E-state index contributed by atoms with van der Waals surface area (Å²) in [7, 11) is 3.28. The highest BCUT2D eigenvalue weighted by Gasteiger charge is 2.14. The fraction of sp³-hybridized carbons (Fsp3) is 0.208. The van der Waals surface area contributed by atoms with Crippen LogP contribution in [-0.4, -0.2) is 40.5 Å². The Morgan fingerprint density at radius 2 is 1.69 bits per heavy atom. The summed E-state index contributed by atoms with van der Waals surface area (Å²) in [6, 6.07) is 17.4. The summed E-state index contributed by atoms with van der Waals surface area (Å²) >= 11 is 1.44. The van der Waals surface area contributed by atoms with Gasteiger partial charge in [0.15, 0.2) is 5.65 Å². The van der Waals surface area contributed by atoms with Crippen molar-refractivity contribution in [3.05, 3.63) is 72.1 Å². The highest BCUT2D eigenvalue weighted by Crippen LogP contribution is 2.28. The van der Waals surface area contributed by atoms with Crippen LogP contribution in [0.15, 0.2) is 65.8 Å². The second-order valence-corrected chi connectivity index (χ2v) is 8.17. The molecule has 32 heavy (non-hydrogen) atoms. The van der Waals surface area contributed by atoms with Crippen LogP contribution in [0.25, 0.3) is 16.8 Å². The molecule has 8 heteroatoms. The SMILES string of the molecule is COc1ccc(CNC(=O)CSc2cc(C)nc3c(-c4ccc(OC)cc4)cnn23)cc1. The second kappa shape index (κ2) is 9.74. The molecule has 1 amide bonds. The van der Waals surface area contributed by atoms with Crippen molar-refractivity contribution in [1.29, 1.82) is 0 Å². The summed E-state index contributed by atoms with van der Waals surface area (Å²) in [5, 5.41) is 8.35. The zero-order valence-corrected chi connectivity index (χ0v) is 19.0. The minimum absolute atomic E-state index is 0.0454. The molecule has 0 unspecified atom stereocenters. The third-order valence-electron chi connectivity index (χ3n) is 4.97. The van der Waals surface area contributed by atoms with Crippen LogP contribution in [0.1, 0.15) is 11.3 Å². The molecule has 2 heterocycles. The van der Waals surface area contributed by atoms with Gasteiger partial charge < -0.3 is 14.8 Å². The average molecular weight is 449 g/mol. The molecule has 0 spiro atoms. The molecule has 0 aliphatic rings. The van der Waals surface area contributed by atoms with Crippen LogP contribution in [0.2, 0.25) is 0 Å². The lowest BCUT2D eigenvalue weighted by Crippen LogP contribution is -2.24. The summed E-state index contributed by atoms with van der Waals surface area (Å²) in [6.45, 7) is 2.41. The molecule has 0 saturated carbocycles. The lowest BCUT2D eigenvalue weighted by molar-refractivity contribution is -0.118. The van der Waals surface area contributed by atoms with Crippen molar-refractivity contribution < 1.29 is 14.3 Å². The van der Waals surface area contributed by atoms with Crippen LogP contribution in [0, 0.1) is 6.92 Å². The van der Waals surface area contributed by atoms with E-state index < -0.39 is 0 Å². The van der Waals surface area contributed by atoms with E-state index in [0.717, 1.165) is 44.6 Å². The molecule has 0 fully saturated rings. The predicted molar refractivity (Wildman–Crippen MR) is 125 cm³/mol. The molecule has 0 aliphatic heterocycles. The quantitative estimate of drug-likeness (QED) is 0.323. The molecule has 0 saturated heterocycles. The number of amides is 1. The van der Waals surface area contributed by atoms with Gasteiger partial charge in [-0.2, -0.15) is 5.10 Å². The molecular weight excluding hydrogens is 424 g/mol. The monoisotopic (exact) mass is 448 g/mol. The fourth-order valence-electron chi connectivity index (χ4n) is 3.26. The van der Waals surface area contributed by atoms with E-state index in [4.69, 9.17) is 9.47 Å². The van der Waals surface area contributed by atoms with E-state index in [0.29, 0.717) is 6.54 Å². The lowest BCUT2D eigenvalue weighted by atomic mass is 10.1. The van der Waals surface area contributed by atoms with E-state index in [1.165, 1.54) is 11.8 Å². The van der Waals surface area contributed by atoms with Gasteiger partial charge in [-0.05, 0) is 48.4 Å². The summed E-state index contributed by atoms with van der Waals surface area (Å²) in [6.07, 6.45) is 1.80. The first kappa shape index (κ1) is 21.7. The van der Waals surface area contributed by atoms with Crippen molar-refractivity contribution in [2.75, 3.05) is 20.0 Å². The molecule has 164 valence electrons. The van der Waals surface area contributed by atoms with E-state index in [1.807, 2.05) is 61.5 Å². The van der Waals surface area contributed by atoms with Gasteiger partial charge in [0.1, 0.15) is 16.5 Å². The number of hydrogen-bond acceptors (Lipinski definition) is 6. The third-order valence-corrected chi connectivity index (χ3v) is 5.96. The number of nitrogens with zero attached hydrogens (tertiary/aromatic N) is 3. The Morgan fingerprint density at radius 1 is 1.03 bits per heavy atom. The number of carbonyl (C=O) groups is 1. The van der Waals surface area contributed by atoms with E-state index in [-0.39, 0.29) is 11.7 Å². The Balaban J connectivity index is 1.45. The summed E-state index contributed by atoms with van der Waals surface area (Å²) in [5.74, 6) is 1.83. The minimum atomic E-state index is -0.0454. The van der Waals surface area contributed by atoms with E-state index in [1.54, 1.807) is 24.9 Å². The van der Waals surface area contributed by atoms with Crippen LogP contribution in [0.4, 0.5) is 0 Å². The summed E-state index contributed by atoms with van der Waals surface area (Å²) in [5.41, 5.74) is 4.59. The number of nitrogens with one attached hydrogen (secondary N) is 1. The van der Waals surface area contributed by atoms with Crippen molar-refractivity contribution in [3.8, 4) is 22.6 Å². The molecule has 0 bridgehead atoms. The molecule has 1 N–H and O–H groups in total. The van der Waals surface area contributed by atoms with Crippen LogP contribution < -0.4 is 14.8 Å². The Kier molecular flexibility index (Phi) is 6.61. The van der Waals surface area contributed by atoms with E-state index in [2.05, 4.69) is 15.4 Å². The number of rotatable bonds is 8. The maximum Gasteiger partial charge on any atom is 0.230 e. The number of carbonyl (C=O) groups excluding carboxylic acids is 1. The van der Waals surface area contributed by atoms with Crippen LogP contribution in [0.5, 0.6) is 11.5 Å². The van der Waals surface area contributed by atoms with Gasteiger partial charge >= 0.3 is 0 Å². The third kappa shape index (κ3) is 4.86. The summed E-state index contributed by atoms with van der Waals surface area (Å²) in [4.78, 5) is 17.1. The standard InChI is InChI=1S/C24H24N4O3S/c1-16-12-23(32-15-22(29)25-13-17-4-8-19(30-2)9-5-17)28-24(27-16)21(14-26-28)18-6-10-20(31-3)11-7-18/h4-12,14H,13,15H2,1-3H3,(H,25,29). The molecular formula is C24H24N4O3S. The number of aromatic nitrogens is 3. The van der Waals surface area contributed by atoms with Gasteiger partial charge in [-0.3, -0.25) is 4.79 Å². The van der Waals surface area contributed by atoms with Gasteiger partial charge in [0.25, 0.3) is 0 Å². The van der Waals surface area contributed by atoms with Crippen molar-refractivity contribution >= 4 is 23.3 Å². The fourth-order valence-corrected chi connectivity index (χ4v) is 4.15. The van der Waals surface area contributed by atoms with Crippen molar-refractivity contribution in [3.63, 3.8) is 0 Å². The first-order chi connectivity index (χ1) is 15.6. The molecule has 4 rings (SSSR count). The molecule has 2 aromatic heterocycles. The average Bonchev–Trinajstić information content (AvgIpc) is 3.25. The lowest BCUT2D eigenvalue weighted by Gasteiger charge is -2.08. The van der Waals surface area contributed by atoms with Gasteiger partial charge in [0.05, 0.1) is 26.2 Å². The number of methoxy groups -OCH3 is 2. The largest absolute Gasteiger partial charge is 0.497 e. The number of fused-ring (bicyclic) bond motifs is 1. The van der Waals surface area contributed by atoms with E-state index in [9.17, 15) is 4.79 Å². The molecule has 7 nitrogen and oxygen atoms in total. The Labute approximate surface area is 190 Å². The number of thioether (sulfide) groups is 1. The number of benzene rings is 2. The van der Waals surface area contributed by atoms with Gasteiger partial charge in [-0.15, -0.1) is 0 Å². The molecule has 0 atom stereocenters. The Bertz CT molecular complexity index is 1220. The Hall–Kier alpha value is -3.52. The van der Waals surface area contributed by atoms with Gasteiger partial charge in [-0.1, -0.05) is 36.0 Å². The highest BCUT2D eigenvalue weighted by atomic mass is 32.2. The maximum absolute atomic E-state index is 12.4. The van der Waals surface area contributed by atoms with Crippen molar-refractivity contribution in [2.45, 2.75) is 18.5 Å². The van der Waals surface area contributed by atoms with E-state index >= 15 is 0 Å². The van der Waals surface area contributed by atoms with Crippen molar-refractivity contribution in [1.82, 2.24) is 19.9 Å². The number of hydrogen-bond donors (Lipinski definition) is 1. The zero-order valence-electron chi connectivity index (χ0n) is 18.2. The van der Waals surface area contributed by atoms with Gasteiger partial charge in [0.2, 0.25) is 5.91 Å². The van der Waals surface area contributed by atoms with Crippen LogP contribution in [-0.2, 0) is 11.3 Å². The topological polar surface area (TPSA) is 77.8 Å². The normalized spacial score (nSPS) is 10.8. The number of aryl methyl sites for hydroxylation is 1. The summed E-state index contributed by atoms with van der Waals surface area (Å²) < 4.78 is 12.2. The predicted octanol–water partition coefficient (Wildman–Crippen LogP) is 4.13. The second-order valence-electron chi connectivity index (χ2n) is 7.17. The Morgan fingerprint density at radius 3 is 2.34 bits per heavy atom. The molecule has 0 aliphatic carbocycles. The van der Waals surface area contributed by atoms with Gasteiger partial charge in [0, 0.05) is 17.8 Å². The van der Waals surface area contributed by atoms with Gasteiger partial charge in [-0.25, -0.2) is 9.50 Å². The smallest absolute Gasteiger partial charge is 0.230 e. The van der Waals surface area contributed by atoms with Crippen LogP contribution in [0.3, 0.4) is 0 Å². The zero-order chi connectivity index (χ0) is 22.5. The first-order valence-electron chi connectivity index (χ1n) is 10.1. The van der Waals surface area contributed by atoms with Crippen LogP contribution >= 0.6 is 11.8 Å². The molecule has 2 aromatic carbocycles. The minimum Gasteiger partial charge on any atom is -0.497 e. The molecule has 0 radical (unpaired) electrons. The highest BCUT2D eigenvalue weighted by molar-refractivity contribution is 7.99. The first-order valence-corrected chi connectivity index (χ1v) is 11.1. The molecule has 4 aromatic rings. The maximum atomic E-state index is 12.4.